The Labute approximate surface area is 158 Å². The third-order valence-electron chi connectivity index (χ3n) is 4.17. The number of carbonyl (C=O) groups excluding carboxylic acids is 1. The topological polar surface area (TPSA) is 56.0 Å². The smallest absolute Gasteiger partial charge is 0.295 e. The Morgan fingerprint density at radius 2 is 1.88 bits per heavy atom. The highest BCUT2D eigenvalue weighted by molar-refractivity contribution is 9.10. The van der Waals surface area contributed by atoms with Crippen LogP contribution in [0.5, 0.6) is 0 Å². The van der Waals surface area contributed by atoms with Crippen LogP contribution < -0.4 is 10.9 Å². The van der Waals surface area contributed by atoms with Crippen LogP contribution in [0.15, 0.2) is 57.8 Å². The van der Waals surface area contributed by atoms with Crippen molar-refractivity contribution in [3.63, 3.8) is 0 Å². The van der Waals surface area contributed by atoms with Gasteiger partial charge in [0, 0.05) is 7.05 Å². The summed E-state index contributed by atoms with van der Waals surface area (Å²) in [6.45, 7) is 1.77. The van der Waals surface area contributed by atoms with Crippen molar-refractivity contribution in [3.05, 3.63) is 80.4 Å². The van der Waals surface area contributed by atoms with Gasteiger partial charge in [-0.1, -0.05) is 24.3 Å². The minimum absolute atomic E-state index is 0.0397. The summed E-state index contributed by atoms with van der Waals surface area (Å²) in [6.07, 6.45) is 0.0397. The first-order valence-electron chi connectivity index (χ1n) is 7.96. The Morgan fingerprint density at radius 1 is 1.19 bits per heavy atom. The summed E-state index contributed by atoms with van der Waals surface area (Å²) in [4.78, 5) is 25.1. The van der Waals surface area contributed by atoms with Gasteiger partial charge in [-0.3, -0.25) is 14.3 Å². The molecule has 1 aromatic heterocycles. The van der Waals surface area contributed by atoms with E-state index in [0.717, 1.165) is 0 Å². The molecule has 0 fully saturated rings. The Bertz CT molecular complexity index is 1030. The second-order valence-electron chi connectivity index (χ2n) is 5.91. The molecule has 0 aliphatic rings. The molecule has 0 saturated heterocycles. The fourth-order valence-corrected chi connectivity index (χ4v) is 3.16. The van der Waals surface area contributed by atoms with E-state index in [4.69, 9.17) is 0 Å². The molecule has 3 aromatic rings. The lowest BCUT2D eigenvalue weighted by Gasteiger charge is -2.07. The standard InChI is InChI=1S/C19H17BrFN3O2/c1-12-18(19(26)24(23(12)2)14-6-4-3-5-7-14)22-17(25)11-13-8-9-16(21)15(20)10-13/h3-10H,11H2,1-2H3,(H,22,25). The maximum absolute atomic E-state index is 13.3. The van der Waals surface area contributed by atoms with Crippen molar-refractivity contribution >= 4 is 27.5 Å². The first kappa shape index (κ1) is 18.1. The summed E-state index contributed by atoms with van der Waals surface area (Å²) in [5.41, 5.74) is 1.94. The lowest BCUT2D eigenvalue weighted by Crippen LogP contribution is -2.23. The fraction of sp³-hybridized carbons (Fsp3) is 0.158. The average Bonchev–Trinajstić information content (AvgIpc) is 2.82. The van der Waals surface area contributed by atoms with Crippen molar-refractivity contribution in [3.8, 4) is 5.69 Å². The number of hydrogen-bond acceptors (Lipinski definition) is 2. The van der Waals surface area contributed by atoms with E-state index in [1.54, 1.807) is 30.8 Å². The Morgan fingerprint density at radius 3 is 2.54 bits per heavy atom. The number of halogens is 2. The number of anilines is 1. The molecule has 1 heterocycles. The molecule has 0 aliphatic heterocycles. The van der Waals surface area contributed by atoms with E-state index in [1.165, 1.54) is 10.7 Å². The second-order valence-corrected chi connectivity index (χ2v) is 6.76. The van der Waals surface area contributed by atoms with Crippen LogP contribution in [0.25, 0.3) is 5.69 Å². The first-order valence-corrected chi connectivity index (χ1v) is 8.75. The zero-order valence-electron chi connectivity index (χ0n) is 14.3. The maximum atomic E-state index is 13.3. The number of para-hydroxylation sites is 1. The molecule has 26 heavy (non-hydrogen) atoms. The van der Waals surface area contributed by atoms with Crippen molar-refractivity contribution in [2.75, 3.05) is 5.32 Å². The Balaban J connectivity index is 1.87. The zero-order valence-corrected chi connectivity index (χ0v) is 15.9. The first-order chi connectivity index (χ1) is 12.4. The van der Waals surface area contributed by atoms with E-state index in [2.05, 4.69) is 21.2 Å². The fourth-order valence-electron chi connectivity index (χ4n) is 2.73. The van der Waals surface area contributed by atoms with Gasteiger partial charge >= 0.3 is 0 Å². The number of aromatic nitrogens is 2. The third kappa shape index (κ3) is 3.48. The van der Waals surface area contributed by atoms with Gasteiger partial charge in [0.25, 0.3) is 5.56 Å². The van der Waals surface area contributed by atoms with Crippen molar-refractivity contribution in [1.29, 1.82) is 0 Å². The monoisotopic (exact) mass is 417 g/mol. The van der Waals surface area contributed by atoms with Gasteiger partial charge < -0.3 is 5.32 Å². The molecule has 0 saturated carbocycles. The number of nitrogens with zero attached hydrogens (tertiary/aromatic N) is 2. The molecular formula is C19H17BrFN3O2. The predicted molar refractivity (Wildman–Crippen MR) is 102 cm³/mol. The summed E-state index contributed by atoms with van der Waals surface area (Å²) in [7, 11) is 1.76. The lowest BCUT2D eigenvalue weighted by molar-refractivity contribution is -0.115. The SMILES string of the molecule is Cc1c(NC(=O)Cc2ccc(F)c(Br)c2)c(=O)n(-c2ccccc2)n1C. The highest BCUT2D eigenvalue weighted by Crippen LogP contribution is 2.18. The molecule has 5 nitrogen and oxygen atoms in total. The van der Waals surface area contributed by atoms with Crippen LogP contribution in [0.2, 0.25) is 0 Å². The largest absolute Gasteiger partial charge is 0.320 e. The number of amides is 1. The molecule has 0 atom stereocenters. The molecule has 1 N–H and O–H groups in total. The zero-order chi connectivity index (χ0) is 18.8. The molecule has 0 radical (unpaired) electrons. The van der Waals surface area contributed by atoms with Crippen molar-refractivity contribution < 1.29 is 9.18 Å². The third-order valence-corrected chi connectivity index (χ3v) is 4.78. The van der Waals surface area contributed by atoms with Crippen molar-refractivity contribution in [1.82, 2.24) is 9.36 Å². The molecule has 7 heteroatoms. The Kier molecular flexibility index (Phi) is 5.08. The van der Waals surface area contributed by atoms with E-state index in [1.807, 2.05) is 30.3 Å². The molecule has 0 aliphatic carbocycles. The highest BCUT2D eigenvalue weighted by atomic mass is 79.9. The van der Waals surface area contributed by atoms with E-state index >= 15 is 0 Å². The van der Waals surface area contributed by atoms with Crippen LogP contribution in [-0.4, -0.2) is 15.3 Å². The van der Waals surface area contributed by atoms with E-state index in [9.17, 15) is 14.0 Å². The number of rotatable bonds is 4. The summed E-state index contributed by atoms with van der Waals surface area (Å²) in [5.74, 6) is -0.728. The van der Waals surface area contributed by atoms with E-state index in [0.29, 0.717) is 21.4 Å². The van der Waals surface area contributed by atoms with Crippen LogP contribution in [0, 0.1) is 12.7 Å². The summed E-state index contributed by atoms with van der Waals surface area (Å²) in [5, 5.41) is 2.69. The van der Waals surface area contributed by atoms with Crippen LogP contribution in [0.4, 0.5) is 10.1 Å². The van der Waals surface area contributed by atoms with Gasteiger partial charge in [0.15, 0.2) is 0 Å². The quantitative estimate of drug-likeness (QED) is 0.705. The van der Waals surface area contributed by atoms with Gasteiger partial charge in [-0.25, -0.2) is 9.07 Å². The normalized spacial score (nSPS) is 10.8. The van der Waals surface area contributed by atoms with Crippen LogP contribution in [0.1, 0.15) is 11.3 Å². The second kappa shape index (κ2) is 7.29. The molecule has 2 aromatic carbocycles. The van der Waals surface area contributed by atoms with E-state index < -0.39 is 0 Å². The summed E-state index contributed by atoms with van der Waals surface area (Å²) < 4.78 is 16.8. The number of nitrogens with one attached hydrogen (secondary N) is 1. The van der Waals surface area contributed by atoms with Crippen LogP contribution >= 0.6 is 15.9 Å². The number of carbonyl (C=O) groups is 1. The number of benzene rings is 2. The van der Waals surface area contributed by atoms with Crippen molar-refractivity contribution in [2.45, 2.75) is 13.3 Å². The van der Waals surface area contributed by atoms with Gasteiger partial charge in [-0.05, 0) is 52.7 Å². The van der Waals surface area contributed by atoms with Gasteiger partial charge in [-0.15, -0.1) is 0 Å². The number of hydrogen-bond donors (Lipinski definition) is 1. The van der Waals surface area contributed by atoms with Crippen molar-refractivity contribution in [2.24, 2.45) is 7.05 Å². The van der Waals surface area contributed by atoms with Gasteiger partial charge in [0.05, 0.1) is 22.3 Å². The average molecular weight is 418 g/mol. The molecular weight excluding hydrogens is 401 g/mol. The highest BCUT2D eigenvalue weighted by Gasteiger charge is 2.18. The van der Waals surface area contributed by atoms with Gasteiger partial charge in [-0.2, -0.15) is 0 Å². The minimum atomic E-state index is -0.390. The molecule has 3 rings (SSSR count). The van der Waals surface area contributed by atoms with Gasteiger partial charge in [0.1, 0.15) is 11.5 Å². The molecule has 0 bridgehead atoms. The summed E-state index contributed by atoms with van der Waals surface area (Å²) in [6, 6.07) is 13.6. The minimum Gasteiger partial charge on any atom is -0.320 e. The maximum Gasteiger partial charge on any atom is 0.295 e. The van der Waals surface area contributed by atoms with Crippen LogP contribution in [0.3, 0.4) is 0 Å². The Hall–Kier alpha value is -2.67. The predicted octanol–water partition coefficient (Wildman–Crippen LogP) is 3.57. The van der Waals surface area contributed by atoms with E-state index in [-0.39, 0.29) is 29.4 Å². The molecule has 1 amide bonds. The molecule has 0 unspecified atom stereocenters. The lowest BCUT2D eigenvalue weighted by atomic mass is 10.1. The molecule has 134 valence electrons. The van der Waals surface area contributed by atoms with Crippen LogP contribution in [-0.2, 0) is 18.3 Å². The van der Waals surface area contributed by atoms with Gasteiger partial charge in [0.2, 0.25) is 5.91 Å². The molecule has 0 spiro atoms. The summed E-state index contributed by atoms with van der Waals surface area (Å²) >= 11 is 3.10.